The molecule has 1 N–H and O–H groups in total. The van der Waals surface area contributed by atoms with Crippen molar-refractivity contribution in [2.45, 2.75) is 32.2 Å². The summed E-state index contributed by atoms with van der Waals surface area (Å²) in [5.41, 5.74) is 5.25. The zero-order valence-electron chi connectivity index (χ0n) is 19.1. The van der Waals surface area contributed by atoms with Gasteiger partial charge in [-0.25, -0.2) is 14.5 Å². The number of fused-ring (bicyclic) bond motifs is 1. The molecule has 0 aliphatic heterocycles. The molecule has 36 heavy (non-hydrogen) atoms. The Hall–Kier alpha value is -4.54. The molecule has 1 saturated carbocycles. The van der Waals surface area contributed by atoms with Gasteiger partial charge in [-0.1, -0.05) is 17.3 Å². The summed E-state index contributed by atoms with van der Waals surface area (Å²) in [6.07, 6.45) is 10.4. The second-order valence-corrected chi connectivity index (χ2v) is 8.77. The van der Waals surface area contributed by atoms with Crippen molar-refractivity contribution in [1.82, 2.24) is 34.6 Å². The quantitative estimate of drug-likeness (QED) is 0.367. The molecule has 5 aromatic rings. The Morgan fingerprint density at radius 1 is 1.06 bits per heavy atom. The number of halogens is 2. The molecule has 11 heteroatoms. The van der Waals surface area contributed by atoms with Crippen molar-refractivity contribution >= 4 is 17.1 Å². The average molecular weight is 486 g/mol. The molecule has 0 atom stereocenters. The zero-order valence-corrected chi connectivity index (χ0v) is 19.1. The van der Waals surface area contributed by atoms with Crippen LogP contribution in [0.25, 0.3) is 28.2 Å². The topological polar surface area (TPSA) is 103 Å². The third-order valence-electron chi connectivity index (χ3n) is 6.23. The summed E-state index contributed by atoms with van der Waals surface area (Å²) in [5.74, 6) is 0.856. The zero-order chi connectivity index (χ0) is 24.8. The van der Waals surface area contributed by atoms with E-state index in [0.717, 1.165) is 22.9 Å². The molecule has 9 nitrogen and oxygen atoms in total. The highest BCUT2D eigenvalue weighted by molar-refractivity contribution is 6.09. The monoisotopic (exact) mass is 486 g/mol. The van der Waals surface area contributed by atoms with Gasteiger partial charge in [0.25, 0.3) is 5.91 Å². The van der Waals surface area contributed by atoms with Gasteiger partial charge in [0.2, 0.25) is 0 Å². The number of aromatic nitrogens is 7. The highest BCUT2D eigenvalue weighted by Crippen LogP contribution is 2.39. The molecule has 1 amide bonds. The largest absolute Gasteiger partial charge is 0.334 e. The van der Waals surface area contributed by atoms with Crippen molar-refractivity contribution in [2.24, 2.45) is 0 Å². The van der Waals surface area contributed by atoms with Crippen LogP contribution in [0.5, 0.6) is 0 Å². The van der Waals surface area contributed by atoms with Crippen LogP contribution < -0.4 is 5.32 Å². The number of carbonyl (C=O) groups excluding carboxylic acids is 1. The Balaban J connectivity index is 1.24. The van der Waals surface area contributed by atoms with E-state index in [1.54, 1.807) is 18.3 Å². The Labute approximate surface area is 203 Å². The molecule has 6 rings (SSSR count). The number of hydrogen-bond donors (Lipinski definition) is 1. The summed E-state index contributed by atoms with van der Waals surface area (Å²) in [4.78, 5) is 22.2. The van der Waals surface area contributed by atoms with Crippen LogP contribution in [0.2, 0.25) is 0 Å². The molecule has 0 spiro atoms. The van der Waals surface area contributed by atoms with Crippen LogP contribution in [0, 0.1) is 6.92 Å². The smallest absolute Gasteiger partial charge is 0.322 e. The molecule has 0 radical (unpaired) electrons. The molecule has 0 saturated heterocycles. The van der Waals surface area contributed by atoms with Crippen LogP contribution in [-0.4, -0.2) is 40.5 Å². The third kappa shape index (κ3) is 4.08. The highest BCUT2D eigenvalue weighted by atomic mass is 19.3. The lowest BCUT2D eigenvalue weighted by atomic mass is 10.1. The summed E-state index contributed by atoms with van der Waals surface area (Å²) in [7, 11) is 0. The van der Waals surface area contributed by atoms with Crippen LogP contribution in [0.4, 0.5) is 14.5 Å². The number of pyridine rings is 1. The number of carbonyl (C=O) groups is 1. The van der Waals surface area contributed by atoms with Crippen LogP contribution in [0.3, 0.4) is 0 Å². The van der Waals surface area contributed by atoms with E-state index >= 15 is 0 Å². The lowest BCUT2D eigenvalue weighted by molar-refractivity contribution is 0.0546. The van der Waals surface area contributed by atoms with E-state index in [1.807, 2.05) is 37.5 Å². The first-order valence-electron chi connectivity index (χ1n) is 11.4. The third-order valence-corrected chi connectivity index (χ3v) is 6.23. The number of benzene rings is 1. The molecule has 1 aliphatic carbocycles. The Bertz CT molecular complexity index is 1590. The molecule has 1 fully saturated rings. The number of nitrogens with one attached hydrogen (secondary N) is 1. The summed E-state index contributed by atoms with van der Waals surface area (Å²) in [6.45, 7) is -0.864. The summed E-state index contributed by atoms with van der Waals surface area (Å²) < 4.78 is 27.6. The van der Waals surface area contributed by atoms with Gasteiger partial charge in [-0.3, -0.25) is 4.79 Å². The van der Waals surface area contributed by atoms with Crippen molar-refractivity contribution < 1.29 is 13.6 Å². The number of hydrogen-bond acceptors (Lipinski definition) is 6. The van der Waals surface area contributed by atoms with Crippen molar-refractivity contribution in [3.05, 3.63) is 78.0 Å². The molecule has 0 unspecified atom stereocenters. The van der Waals surface area contributed by atoms with Gasteiger partial charge in [0, 0.05) is 35.4 Å². The van der Waals surface area contributed by atoms with Gasteiger partial charge in [-0.05, 0) is 55.0 Å². The second kappa shape index (κ2) is 8.59. The maximum absolute atomic E-state index is 13.1. The van der Waals surface area contributed by atoms with E-state index in [9.17, 15) is 13.6 Å². The summed E-state index contributed by atoms with van der Waals surface area (Å²) in [5, 5.41) is 14.4. The average Bonchev–Trinajstić information content (AvgIpc) is 3.45. The first-order valence-corrected chi connectivity index (χ1v) is 11.4. The predicted molar refractivity (Wildman–Crippen MR) is 128 cm³/mol. The molecular weight excluding hydrogens is 466 g/mol. The van der Waals surface area contributed by atoms with Crippen LogP contribution in [0.15, 0.2) is 61.3 Å². The SMILES string of the molecule is Cc1ccc(-c2ncc(C3CC3)cn2)cc1NC(=O)c1cnn2cc(-c3cn(C(F)F)nn3)ccc12. The number of alkyl halides is 2. The van der Waals surface area contributed by atoms with E-state index in [0.29, 0.717) is 38.8 Å². The van der Waals surface area contributed by atoms with Crippen molar-refractivity contribution in [3.8, 4) is 22.6 Å². The number of nitrogens with zero attached hydrogens (tertiary/aromatic N) is 7. The Kier molecular flexibility index (Phi) is 5.24. The fraction of sp³-hybridized carbons (Fsp3) is 0.200. The van der Waals surface area contributed by atoms with Crippen molar-refractivity contribution in [3.63, 3.8) is 0 Å². The Morgan fingerprint density at radius 3 is 2.56 bits per heavy atom. The standard InChI is InChI=1S/C25H20F2N8O/c1-14-2-3-16(23-28-9-18(10-29-23)15-4-5-15)8-20(14)31-24(36)19-11-30-34-12-17(6-7-22(19)34)21-13-35(25(26)27)33-32-21/h2-3,6-13,15,25H,4-5H2,1H3,(H,31,36). The van der Waals surface area contributed by atoms with E-state index in [-0.39, 0.29) is 11.6 Å². The summed E-state index contributed by atoms with van der Waals surface area (Å²) in [6, 6.07) is 9.07. The lowest BCUT2D eigenvalue weighted by Gasteiger charge is -2.10. The second-order valence-electron chi connectivity index (χ2n) is 8.77. The molecule has 4 heterocycles. The first-order chi connectivity index (χ1) is 17.5. The molecule has 0 bridgehead atoms. The molecular formula is C25H20F2N8O. The highest BCUT2D eigenvalue weighted by Gasteiger charge is 2.24. The van der Waals surface area contributed by atoms with E-state index in [1.165, 1.54) is 23.6 Å². The van der Waals surface area contributed by atoms with Crippen LogP contribution in [-0.2, 0) is 0 Å². The lowest BCUT2D eigenvalue weighted by Crippen LogP contribution is -2.12. The van der Waals surface area contributed by atoms with E-state index in [4.69, 9.17) is 0 Å². The van der Waals surface area contributed by atoms with Gasteiger partial charge in [0.15, 0.2) is 5.82 Å². The van der Waals surface area contributed by atoms with E-state index < -0.39 is 6.55 Å². The maximum Gasteiger partial charge on any atom is 0.334 e. The maximum atomic E-state index is 13.1. The fourth-order valence-electron chi connectivity index (χ4n) is 4.02. The minimum atomic E-state index is -2.77. The van der Waals surface area contributed by atoms with Gasteiger partial charge in [0.1, 0.15) is 5.69 Å². The minimum Gasteiger partial charge on any atom is -0.322 e. The number of amides is 1. The molecule has 1 aliphatic rings. The number of rotatable bonds is 6. The fourth-order valence-corrected chi connectivity index (χ4v) is 4.02. The van der Waals surface area contributed by atoms with Crippen LogP contribution in [0.1, 0.15) is 46.8 Å². The van der Waals surface area contributed by atoms with Gasteiger partial charge < -0.3 is 5.32 Å². The first kappa shape index (κ1) is 22.0. The van der Waals surface area contributed by atoms with Gasteiger partial charge >= 0.3 is 6.55 Å². The Morgan fingerprint density at radius 2 is 1.83 bits per heavy atom. The van der Waals surface area contributed by atoms with E-state index in [2.05, 4.69) is 30.7 Å². The summed E-state index contributed by atoms with van der Waals surface area (Å²) >= 11 is 0. The van der Waals surface area contributed by atoms with Gasteiger partial charge in [-0.2, -0.15) is 18.6 Å². The number of aryl methyl sites for hydroxylation is 1. The number of anilines is 1. The normalized spacial score (nSPS) is 13.4. The predicted octanol–water partition coefficient (Wildman–Crippen LogP) is 4.88. The molecule has 180 valence electrons. The van der Waals surface area contributed by atoms with Crippen LogP contribution >= 0.6 is 0 Å². The minimum absolute atomic E-state index is 0.276. The molecule has 1 aromatic carbocycles. The molecule has 4 aromatic heterocycles. The van der Waals surface area contributed by atoms with Gasteiger partial charge in [-0.15, -0.1) is 5.10 Å². The van der Waals surface area contributed by atoms with Crippen molar-refractivity contribution in [1.29, 1.82) is 0 Å². The van der Waals surface area contributed by atoms with Crippen molar-refractivity contribution in [2.75, 3.05) is 5.32 Å². The van der Waals surface area contributed by atoms with Gasteiger partial charge in [0.05, 0.1) is 23.5 Å².